The third-order valence-electron chi connectivity index (χ3n) is 3.49. The maximum absolute atomic E-state index is 6.00. The van der Waals surface area contributed by atoms with Crippen LogP contribution in [0, 0.1) is 0 Å². The highest BCUT2D eigenvalue weighted by atomic mass is 79.9. The van der Waals surface area contributed by atoms with Crippen molar-refractivity contribution < 1.29 is 9.47 Å². The first-order valence-electron chi connectivity index (χ1n) is 7.58. The molecule has 3 N–H and O–H groups in total. The fourth-order valence-electron chi connectivity index (χ4n) is 2.27. The molecule has 0 aliphatic heterocycles. The molecule has 0 aliphatic rings. The Balaban J connectivity index is 1.73. The fourth-order valence-corrected chi connectivity index (χ4v) is 3.09. The molecular formula is C16H16BrClN6O2. The average molecular weight is 440 g/mol. The van der Waals surface area contributed by atoms with Crippen LogP contribution in [0.5, 0.6) is 11.5 Å². The molecule has 26 heavy (non-hydrogen) atoms. The van der Waals surface area contributed by atoms with Crippen molar-refractivity contribution in [2.24, 2.45) is 0 Å². The number of aromatic nitrogens is 4. The van der Waals surface area contributed by atoms with Crippen molar-refractivity contribution in [3.05, 3.63) is 57.0 Å². The van der Waals surface area contributed by atoms with Gasteiger partial charge in [0.05, 0.1) is 18.1 Å². The Bertz CT molecular complexity index is 904. The molecule has 3 rings (SSSR count). The topological polar surface area (TPSA) is 100 Å². The van der Waals surface area contributed by atoms with Crippen LogP contribution in [-0.4, -0.2) is 27.4 Å². The Kier molecular flexibility index (Phi) is 5.79. The van der Waals surface area contributed by atoms with E-state index in [0.717, 1.165) is 15.6 Å². The first-order valence-corrected chi connectivity index (χ1v) is 8.75. The summed E-state index contributed by atoms with van der Waals surface area (Å²) in [5.41, 5.74) is 10.5. The lowest BCUT2D eigenvalue weighted by molar-refractivity contribution is 0.282. The number of hydrogen-bond donors (Lipinski definition) is 2. The predicted molar refractivity (Wildman–Crippen MR) is 102 cm³/mol. The SMILES string of the molecule is COc1cc(CNn2nnnc2N)cc(Br)c1OCc1cccc(Cl)c1. The zero-order valence-electron chi connectivity index (χ0n) is 13.8. The molecule has 10 heteroatoms. The molecule has 0 unspecified atom stereocenters. The number of nitrogen functional groups attached to an aromatic ring is 1. The zero-order valence-corrected chi connectivity index (χ0v) is 16.2. The Morgan fingerprint density at radius 1 is 1.27 bits per heavy atom. The Morgan fingerprint density at radius 2 is 2.12 bits per heavy atom. The van der Waals surface area contributed by atoms with E-state index in [9.17, 15) is 0 Å². The quantitative estimate of drug-likeness (QED) is 0.583. The predicted octanol–water partition coefficient (Wildman–Crippen LogP) is 3.00. The second-order valence-corrected chi connectivity index (χ2v) is 6.60. The molecule has 0 fully saturated rings. The van der Waals surface area contributed by atoms with Gasteiger partial charge in [-0.1, -0.05) is 28.8 Å². The van der Waals surface area contributed by atoms with Gasteiger partial charge in [0.25, 0.3) is 5.95 Å². The average Bonchev–Trinajstić information content (AvgIpc) is 3.03. The van der Waals surface area contributed by atoms with Crippen molar-refractivity contribution in [1.82, 2.24) is 20.3 Å². The van der Waals surface area contributed by atoms with Gasteiger partial charge in [0.2, 0.25) is 0 Å². The van der Waals surface area contributed by atoms with Gasteiger partial charge in [-0.2, -0.15) is 0 Å². The second kappa shape index (κ2) is 8.24. The summed E-state index contributed by atoms with van der Waals surface area (Å²) < 4.78 is 12.1. The van der Waals surface area contributed by atoms with E-state index in [0.29, 0.717) is 29.7 Å². The third kappa shape index (κ3) is 4.36. The highest BCUT2D eigenvalue weighted by molar-refractivity contribution is 9.10. The zero-order chi connectivity index (χ0) is 18.5. The van der Waals surface area contributed by atoms with E-state index in [1.54, 1.807) is 7.11 Å². The van der Waals surface area contributed by atoms with Crippen LogP contribution in [0.4, 0.5) is 5.95 Å². The van der Waals surface area contributed by atoms with Crippen LogP contribution in [0.1, 0.15) is 11.1 Å². The number of hydrogen-bond acceptors (Lipinski definition) is 7. The number of nitrogens with zero attached hydrogens (tertiary/aromatic N) is 4. The standard InChI is InChI=1S/C16H16BrClN6O2/c1-25-14-7-11(8-20-24-16(19)21-22-23-24)6-13(17)15(14)26-9-10-3-2-4-12(18)5-10/h2-7,20H,8-9H2,1H3,(H2,19,21,23). The first-order chi connectivity index (χ1) is 12.6. The molecule has 1 aromatic heterocycles. The van der Waals surface area contributed by atoms with Crippen LogP contribution in [0.3, 0.4) is 0 Å². The van der Waals surface area contributed by atoms with Crippen LogP contribution >= 0.6 is 27.5 Å². The van der Waals surface area contributed by atoms with E-state index in [4.69, 9.17) is 26.8 Å². The summed E-state index contributed by atoms with van der Waals surface area (Å²) in [7, 11) is 1.59. The minimum atomic E-state index is 0.178. The molecule has 0 spiro atoms. The Labute approximate surface area is 163 Å². The van der Waals surface area contributed by atoms with E-state index in [1.165, 1.54) is 4.79 Å². The van der Waals surface area contributed by atoms with Gasteiger partial charge in [-0.25, -0.2) is 0 Å². The van der Waals surface area contributed by atoms with Crippen molar-refractivity contribution >= 4 is 33.5 Å². The van der Waals surface area contributed by atoms with Crippen molar-refractivity contribution in [2.75, 3.05) is 18.3 Å². The van der Waals surface area contributed by atoms with Crippen LogP contribution in [0.15, 0.2) is 40.9 Å². The number of nitrogens with two attached hydrogens (primary N) is 1. The van der Waals surface area contributed by atoms with Gasteiger partial charge in [-0.15, -0.1) is 4.79 Å². The van der Waals surface area contributed by atoms with Crippen molar-refractivity contribution in [1.29, 1.82) is 0 Å². The molecule has 3 aromatic rings. The summed E-state index contributed by atoms with van der Waals surface area (Å²) in [5.74, 6) is 1.39. The lowest BCUT2D eigenvalue weighted by Crippen LogP contribution is -2.18. The maximum atomic E-state index is 6.00. The molecule has 136 valence electrons. The number of anilines is 1. The summed E-state index contributed by atoms with van der Waals surface area (Å²) in [6.45, 7) is 0.813. The molecule has 0 radical (unpaired) electrons. The highest BCUT2D eigenvalue weighted by Gasteiger charge is 2.13. The molecule has 8 nitrogen and oxygen atoms in total. The van der Waals surface area contributed by atoms with E-state index in [-0.39, 0.29) is 5.95 Å². The lowest BCUT2D eigenvalue weighted by atomic mass is 10.2. The molecule has 0 bridgehead atoms. The summed E-state index contributed by atoms with van der Waals surface area (Å²) in [6, 6.07) is 11.3. The second-order valence-electron chi connectivity index (χ2n) is 5.31. The summed E-state index contributed by atoms with van der Waals surface area (Å²) in [6.07, 6.45) is 0. The number of methoxy groups -OCH3 is 1. The van der Waals surface area contributed by atoms with Gasteiger partial charge < -0.3 is 20.6 Å². The molecule has 1 heterocycles. The number of ether oxygens (including phenoxy) is 2. The van der Waals surface area contributed by atoms with Gasteiger partial charge in [-0.05, 0) is 61.7 Å². The van der Waals surface area contributed by atoms with Crippen LogP contribution in [-0.2, 0) is 13.2 Å². The Hall–Kier alpha value is -2.52. The van der Waals surface area contributed by atoms with Gasteiger partial charge in [-0.3, -0.25) is 0 Å². The number of nitrogens with one attached hydrogen (secondary N) is 1. The minimum absolute atomic E-state index is 0.178. The van der Waals surface area contributed by atoms with Gasteiger partial charge in [0.1, 0.15) is 6.61 Å². The molecular weight excluding hydrogens is 424 g/mol. The normalized spacial score (nSPS) is 10.6. The largest absolute Gasteiger partial charge is 0.493 e. The summed E-state index contributed by atoms with van der Waals surface area (Å²) in [5, 5.41) is 11.5. The van der Waals surface area contributed by atoms with E-state index in [1.807, 2.05) is 36.4 Å². The van der Waals surface area contributed by atoms with Gasteiger partial charge in [0, 0.05) is 5.02 Å². The van der Waals surface area contributed by atoms with Crippen molar-refractivity contribution in [2.45, 2.75) is 13.2 Å². The highest BCUT2D eigenvalue weighted by Crippen LogP contribution is 2.37. The molecule has 0 amide bonds. The van der Waals surface area contributed by atoms with Crippen LogP contribution in [0.25, 0.3) is 0 Å². The van der Waals surface area contributed by atoms with E-state index >= 15 is 0 Å². The molecule has 0 saturated carbocycles. The van der Waals surface area contributed by atoms with E-state index < -0.39 is 0 Å². The molecule has 0 saturated heterocycles. The Morgan fingerprint density at radius 3 is 2.81 bits per heavy atom. The summed E-state index contributed by atoms with van der Waals surface area (Å²) >= 11 is 9.53. The maximum Gasteiger partial charge on any atom is 0.260 e. The van der Waals surface area contributed by atoms with Crippen molar-refractivity contribution in [3.63, 3.8) is 0 Å². The number of tetrazole rings is 1. The molecule has 0 atom stereocenters. The minimum Gasteiger partial charge on any atom is -0.493 e. The van der Waals surface area contributed by atoms with Crippen LogP contribution in [0.2, 0.25) is 5.02 Å². The van der Waals surface area contributed by atoms with Crippen LogP contribution < -0.4 is 20.6 Å². The van der Waals surface area contributed by atoms with Gasteiger partial charge in [0.15, 0.2) is 11.5 Å². The molecule has 2 aromatic carbocycles. The monoisotopic (exact) mass is 438 g/mol. The number of halogens is 2. The first kappa shape index (κ1) is 18.3. The number of rotatable bonds is 7. The smallest absolute Gasteiger partial charge is 0.260 e. The van der Waals surface area contributed by atoms with Crippen molar-refractivity contribution in [3.8, 4) is 11.5 Å². The van der Waals surface area contributed by atoms with E-state index in [2.05, 4.69) is 36.9 Å². The van der Waals surface area contributed by atoms with Gasteiger partial charge >= 0.3 is 0 Å². The fraction of sp³-hybridized carbons (Fsp3) is 0.188. The third-order valence-corrected chi connectivity index (χ3v) is 4.31. The molecule has 0 aliphatic carbocycles. The summed E-state index contributed by atoms with van der Waals surface area (Å²) in [4.78, 5) is 1.30. The number of benzene rings is 2. The lowest BCUT2D eigenvalue weighted by Gasteiger charge is -2.15.